The molecule has 0 fully saturated rings. The van der Waals surface area contributed by atoms with Crippen LogP contribution < -0.4 is 9.30 Å². The first-order valence-corrected chi connectivity index (χ1v) is 43.5. The fraction of sp³-hybridized carbons (Fsp3) is 0.322. The predicted molar refractivity (Wildman–Crippen MR) is 517 cm³/mol. The quantitative estimate of drug-likeness (QED) is 0.0956. The van der Waals surface area contributed by atoms with Crippen LogP contribution in [0, 0.1) is 6.33 Å². The number of pyridine rings is 1. The van der Waals surface area contributed by atoms with E-state index in [1.807, 2.05) is 41.1 Å². The minimum Gasteiger partial charge on any atom is -0.458 e. The van der Waals surface area contributed by atoms with Gasteiger partial charge in [0.15, 0.2) is 0 Å². The molecule has 6 nitrogen and oxygen atoms in total. The maximum absolute atomic E-state index is 9.46. The zero-order valence-corrected chi connectivity index (χ0v) is 76.8. The Balaban J connectivity index is 0.968. The second kappa shape index (κ2) is 29.5. The molecule has 4 heterocycles. The zero-order valence-electron chi connectivity index (χ0n) is 79.8. The largest absolute Gasteiger partial charge is 0.458 e. The molecule has 121 heavy (non-hydrogen) atoms. The lowest BCUT2D eigenvalue weighted by atomic mass is 9.76. The molecule has 0 bridgehead atoms. The van der Waals surface area contributed by atoms with Gasteiger partial charge in [0.05, 0.1) is 49.9 Å². The van der Waals surface area contributed by atoms with Gasteiger partial charge in [-0.25, -0.2) is 4.98 Å². The smallest absolute Gasteiger partial charge is 0.244 e. The van der Waals surface area contributed by atoms with Gasteiger partial charge in [0.2, 0.25) is 6.33 Å². The Morgan fingerprint density at radius 1 is 0.281 bits per heavy atom. The lowest BCUT2D eigenvalue weighted by Gasteiger charge is -2.28. The molecule has 0 radical (unpaired) electrons. The summed E-state index contributed by atoms with van der Waals surface area (Å²) >= 11 is 0. The van der Waals surface area contributed by atoms with Crippen molar-refractivity contribution in [3.63, 3.8) is 0 Å². The molecule has 6 heteroatoms. The topological polar surface area (TPSA) is 40.8 Å². The van der Waals surface area contributed by atoms with E-state index < -0.39 is 6.98 Å². The van der Waals surface area contributed by atoms with E-state index in [-0.39, 0.29) is 48.7 Å². The van der Waals surface area contributed by atoms with Gasteiger partial charge in [-0.05, 0) is 232 Å². The molecular weight excluding hydrogens is 1470 g/mol. The average molecular weight is 1600 g/mol. The molecule has 0 spiro atoms. The molecule has 4 aromatic heterocycles. The van der Waals surface area contributed by atoms with Crippen LogP contribution in [-0.2, 0) is 55.7 Å². The second-order valence-electron chi connectivity index (χ2n) is 43.7. The van der Waals surface area contributed by atoms with E-state index >= 15 is 0 Å². The number of hydrogen-bond acceptors (Lipinski definition) is 2. The van der Waals surface area contributed by atoms with Crippen LogP contribution in [0.2, 0.25) is 0 Å². The number of fused-ring (bicyclic) bond motifs is 7. The molecule has 0 saturated carbocycles. The molecule has 16 rings (SSSR count). The minimum atomic E-state index is -2.66. The number of rotatable bonds is 11. The fourth-order valence-corrected chi connectivity index (χ4v) is 17.4. The number of imidazole rings is 1. The van der Waals surface area contributed by atoms with Crippen LogP contribution in [-0.4, -0.2) is 18.7 Å². The highest BCUT2D eigenvalue weighted by Gasteiger charge is 2.31. The van der Waals surface area contributed by atoms with Gasteiger partial charge in [-0.2, -0.15) is 0 Å². The van der Waals surface area contributed by atoms with Crippen LogP contribution in [0.4, 0.5) is 0 Å². The maximum Gasteiger partial charge on any atom is 0.244 e. The van der Waals surface area contributed by atoms with Crippen LogP contribution in [0.15, 0.2) is 249 Å². The molecule has 0 saturated heterocycles. The number of para-hydroxylation sites is 1. The van der Waals surface area contributed by atoms with Crippen molar-refractivity contribution in [3.05, 3.63) is 305 Å². The SMILES string of the molecule is [2H]C([2H])([2H])[n+]1[c-]n(-c2cccc(Oc3ccc4c5ccccc5n(-c5cc(C(C)(C)C)ccn5)c4c3)c2)c2ccc(-n3c4cc(-c5c(-c6cc(C(C)(C)C)cc(C(C)(C)C)c6)cccc5-c5cc(C(C)(C)C)cc(C(C)(C)C)c5)ccc4c4ccc(-c5c(-c6cc(C(C)(C)C)cc(C(C)(C)C)c6)cccc5-c5cc(C(C)(C)C)cc(C(C)(C)C)c5)cc43)cc21. The van der Waals surface area contributed by atoms with Gasteiger partial charge in [-0.3, -0.25) is 4.57 Å². The Labute approximate surface area is 725 Å². The third-order valence-electron chi connectivity index (χ3n) is 25.1. The van der Waals surface area contributed by atoms with E-state index in [1.165, 1.54) is 54.6 Å². The maximum atomic E-state index is 9.46. The van der Waals surface area contributed by atoms with Crippen molar-refractivity contribution >= 4 is 54.6 Å². The normalized spacial score (nSPS) is 13.6. The second-order valence-corrected chi connectivity index (χ2v) is 43.7. The fourth-order valence-electron chi connectivity index (χ4n) is 17.4. The molecule has 0 amide bonds. The van der Waals surface area contributed by atoms with E-state index in [1.54, 1.807) is 0 Å². The van der Waals surface area contributed by atoms with Crippen molar-refractivity contribution < 1.29 is 13.4 Å². The van der Waals surface area contributed by atoms with Crippen molar-refractivity contribution in [1.29, 1.82) is 0 Å². The summed E-state index contributed by atoms with van der Waals surface area (Å²) in [5.41, 5.74) is 30.3. The van der Waals surface area contributed by atoms with Crippen LogP contribution in [0.3, 0.4) is 0 Å². The van der Waals surface area contributed by atoms with Gasteiger partial charge >= 0.3 is 0 Å². The summed E-state index contributed by atoms with van der Waals surface area (Å²) in [5.74, 6) is 2.05. The van der Waals surface area contributed by atoms with Crippen LogP contribution in [0.5, 0.6) is 11.5 Å². The molecular formula is C115H125N5O. The molecule has 0 aliphatic carbocycles. The van der Waals surface area contributed by atoms with Crippen molar-refractivity contribution in [1.82, 2.24) is 18.7 Å². The molecule has 0 aliphatic heterocycles. The Kier molecular flexibility index (Phi) is 19.4. The summed E-state index contributed by atoms with van der Waals surface area (Å²) in [5, 5.41) is 4.32. The van der Waals surface area contributed by atoms with Crippen LogP contribution in [0.25, 0.3) is 139 Å². The molecule has 0 unspecified atom stereocenters. The van der Waals surface area contributed by atoms with Gasteiger partial charge in [-0.15, -0.1) is 0 Å². The molecule has 0 aliphatic rings. The zero-order chi connectivity index (χ0) is 89.2. The van der Waals surface area contributed by atoms with E-state index in [2.05, 4.69) is 415 Å². The Morgan fingerprint density at radius 3 is 1.06 bits per heavy atom. The molecule has 12 aromatic carbocycles. The van der Waals surface area contributed by atoms with Gasteiger partial charge in [0, 0.05) is 39.5 Å². The highest BCUT2D eigenvalue weighted by atomic mass is 16.5. The number of aryl methyl sites for hydroxylation is 1. The third kappa shape index (κ3) is 16.0. The standard InChI is InChI=1S/C115H125N5O/c1-107(2,3)77-50-51-116-104(66-77)120-98-41-30-29-36-94(98)97-48-45-89(69-102(97)120)121-88-35-31-34-86(67-88)118-70-117(28)103-68-87(44-49-99(103)118)119-100-60-71(105-90(73-52-78(108(4,5)6)62-79(53-73)109(7,8)9)37-32-38-91(105)74-54-80(110(10,11)12)63-81(55-74)111(13,14)15)42-46-95(100)96-47-43-72(61-101(96)119)106-92(75-56-82(112(16,17)18)64-83(57-75)113(19,20)21)39-33-40-93(106)76-58-84(114(22,23)24)65-85(59-76)115(25,26)27/h29-69H,1-28H3/i28D3. The van der Waals surface area contributed by atoms with Crippen molar-refractivity contribution in [3.8, 4) is 95.5 Å². The molecule has 616 valence electrons. The van der Waals surface area contributed by atoms with Crippen molar-refractivity contribution in [2.24, 2.45) is 6.98 Å². The minimum absolute atomic E-state index is 0.0876. The van der Waals surface area contributed by atoms with Gasteiger partial charge in [0.25, 0.3) is 0 Å². The summed E-state index contributed by atoms with van der Waals surface area (Å²) < 4.78 is 43.2. The van der Waals surface area contributed by atoms with E-state index in [0.29, 0.717) is 28.2 Å². The number of nitrogens with zero attached hydrogens (tertiary/aromatic N) is 5. The van der Waals surface area contributed by atoms with Gasteiger partial charge < -0.3 is 18.4 Å². The first-order valence-electron chi connectivity index (χ1n) is 45.0. The summed E-state index contributed by atoms with van der Waals surface area (Å²) in [4.78, 5) is 4.96. The van der Waals surface area contributed by atoms with Crippen molar-refractivity contribution in [2.45, 2.75) is 236 Å². The number of aromatic nitrogens is 5. The molecule has 0 atom stereocenters. The summed E-state index contributed by atoms with van der Waals surface area (Å²) in [6.45, 7) is 59.8. The highest BCUT2D eigenvalue weighted by Crippen LogP contribution is 2.51. The van der Waals surface area contributed by atoms with E-state index in [0.717, 1.165) is 122 Å². The third-order valence-corrected chi connectivity index (χ3v) is 25.1. The van der Waals surface area contributed by atoms with Crippen molar-refractivity contribution in [2.75, 3.05) is 0 Å². The van der Waals surface area contributed by atoms with Crippen LogP contribution in [0.1, 0.15) is 241 Å². The average Bonchev–Trinajstić information content (AvgIpc) is 1.52. The van der Waals surface area contributed by atoms with Gasteiger partial charge in [0.1, 0.15) is 17.3 Å². The summed E-state index contributed by atoms with van der Waals surface area (Å²) in [7, 11) is 0. The van der Waals surface area contributed by atoms with E-state index in [4.69, 9.17) is 9.72 Å². The first-order chi connectivity index (χ1) is 57.7. The lowest BCUT2D eigenvalue weighted by Crippen LogP contribution is -2.26. The Bertz CT molecular complexity index is 6350. The molecule has 16 aromatic rings. The number of ether oxygens (including phenoxy) is 1. The first kappa shape index (κ1) is 79.4. The Hall–Kier alpha value is -11.3. The summed E-state index contributed by atoms with van der Waals surface area (Å²) in [6.07, 6.45) is 5.31. The van der Waals surface area contributed by atoms with E-state index in [9.17, 15) is 4.11 Å². The van der Waals surface area contributed by atoms with Crippen LogP contribution >= 0.6 is 0 Å². The highest BCUT2D eigenvalue weighted by molar-refractivity contribution is 6.13. The number of hydrogen-bond donors (Lipinski definition) is 0. The molecule has 0 N–H and O–H groups in total. The predicted octanol–water partition coefficient (Wildman–Crippen LogP) is 31.3. The lowest BCUT2D eigenvalue weighted by molar-refractivity contribution is -0.649. The summed E-state index contributed by atoms with van der Waals surface area (Å²) in [6, 6.07) is 90.5. The Morgan fingerprint density at radius 2 is 0.653 bits per heavy atom. The number of benzene rings is 12. The monoisotopic (exact) mass is 1600 g/mol. The van der Waals surface area contributed by atoms with Gasteiger partial charge in [-0.1, -0.05) is 357 Å².